The number of rotatable bonds is 4. The topological polar surface area (TPSA) is 40.1 Å². The summed E-state index contributed by atoms with van der Waals surface area (Å²) in [5.41, 5.74) is 0.693. The number of benzene rings is 1. The van der Waals surface area contributed by atoms with Gasteiger partial charge < -0.3 is 19.9 Å². The number of hydrogen-bond acceptors (Lipinski definition) is 4. The summed E-state index contributed by atoms with van der Waals surface area (Å²) < 4.78 is 19.7. The van der Waals surface area contributed by atoms with Gasteiger partial charge in [0.2, 0.25) is 0 Å². The molecule has 0 aliphatic carbocycles. The zero-order valence-corrected chi connectivity index (χ0v) is 19.3. The Morgan fingerprint density at radius 1 is 1.22 bits per heavy atom. The molecule has 0 atom stereocenters. The molecule has 2 aliphatic heterocycles. The zero-order chi connectivity index (χ0) is 18.4. The van der Waals surface area contributed by atoms with Crippen molar-refractivity contribution in [3.05, 3.63) is 30.1 Å². The number of anilines is 1. The molecule has 2 saturated heterocycles. The van der Waals surface area contributed by atoms with Crippen LogP contribution in [0.2, 0.25) is 0 Å². The Hall–Kier alpha value is -0.740. The van der Waals surface area contributed by atoms with Gasteiger partial charge in [0.25, 0.3) is 0 Å². The van der Waals surface area contributed by atoms with E-state index >= 15 is 0 Å². The summed E-state index contributed by atoms with van der Waals surface area (Å²) in [6.45, 7) is 5.83. The average Bonchev–Trinajstić information content (AvgIpc) is 2.70. The molecular weight excluding hydrogens is 478 g/mol. The van der Waals surface area contributed by atoms with Gasteiger partial charge >= 0.3 is 0 Å². The molecule has 0 spiro atoms. The van der Waals surface area contributed by atoms with Gasteiger partial charge in [0.05, 0.1) is 5.69 Å². The second kappa shape index (κ2) is 10.7. The maximum atomic E-state index is 14.0. The third kappa shape index (κ3) is 5.63. The molecule has 2 fully saturated rings. The Labute approximate surface area is 183 Å². The summed E-state index contributed by atoms with van der Waals surface area (Å²) in [5, 5.41) is 3.57. The van der Waals surface area contributed by atoms with Crippen LogP contribution in [0.15, 0.2) is 29.3 Å². The number of hydrogen-bond donors (Lipinski definition) is 1. The fourth-order valence-corrected chi connectivity index (χ4v) is 4.43. The van der Waals surface area contributed by atoms with E-state index in [4.69, 9.17) is 4.74 Å². The lowest BCUT2D eigenvalue weighted by Gasteiger charge is -2.40. The average molecular weight is 508 g/mol. The third-order valence-corrected chi connectivity index (χ3v) is 6.81. The lowest BCUT2D eigenvalue weighted by Crippen LogP contribution is -2.55. The van der Waals surface area contributed by atoms with E-state index in [0.717, 1.165) is 64.7 Å². The van der Waals surface area contributed by atoms with Gasteiger partial charge in [-0.15, -0.1) is 24.0 Å². The van der Waals surface area contributed by atoms with Crippen LogP contribution < -0.4 is 10.2 Å². The normalized spacial score (nSPS) is 20.2. The molecule has 3 rings (SSSR count). The first kappa shape index (κ1) is 22.5. The van der Waals surface area contributed by atoms with Crippen LogP contribution in [0.25, 0.3) is 0 Å². The predicted molar refractivity (Wildman–Crippen MR) is 123 cm³/mol. The minimum Gasteiger partial charge on any atom is -0.381 e. The second-order valence-corrected chi connectivity index (χ2v) is 8.10. The van der Waals surface area contributed by atoms with Crippen molar-refractivity contribution < 1.29 is 9.13 Å². The number of aliphatic imine (C=N–C) groups is 1. The summed E-state index contributed by atoms with van der Waals surface area (Å²) in [5.74, 6) is 0.794. The van der Waals surface area contributed by atoms with Gasteiger partial charge in [-0.3, -0.25) is 4.99 Å². The first-order chi connectivity index (χ1) is 12.7. The van der Waals surface area contributed by atoms with Crippen molar-refractivity contribution in [3.63, 3.8) is 0 Å². The molecule has 0 radical (unpaired) electrons. The molecular formula is C19H30FIN4OS. The van der Waals surface area contributed by atoms with Gasteiger partial charge in [-0.1, -0.05) is 12.1 Å². The van der Waals surface area contributed by atoms with Crippen molar-refractivity contribution in [3.8, 4) is 0 Å². The van der Waals surface area contributed by atoms with Crippen LogP contribution in [0.3, 0.4) is 0 Å². The van der Waals surface area contributed by atoms with Crippen LogP contribution in [0.4, 0.5) is 10.1 Å². The van der Waals surface area contributed by atoms with E-state index in [-0.39, 0.29) is 34.5 Å². The number of thioether (sulfide) groups is 1. The SMILES string of the molecule is CN=C(NCC1(SC)CCOCC1)N1CCN(c2ccccc2F)CC1.I. The van der Waals surface area contributed by atoms with Gasteiger partial charge in [0.15, 0.2) is 5.96 Å². The number of nitrogens with zero attached hydrogens (tertiary/aromatic N) is 3. The van der Waals surface area contributed by atoms with E-state index in [1.807, 2.05) is 30.9 Å². The lowest BCUT2D eigenvalue weighted by molar-refractivity contribution is 0.0781. The summed E-state index contributed by atoms with van der Waals surface area (Å²) in [4.78, 5) is 8.86. The highest BCUT2D eigenvalue weighted by Crippen LogP contribution is 2.33. The summed E-state index contributed by atoms with van der Waals surface area (Å²) in [6.07, 6.45) is 4.32. The van der Waals surface area contributed by atoms with E-state index in [1.165, 1.54) is 6.07 Å². The van der Waals surface area contributed by atoms with E-state index in [9.17, 15) is 4.39 Å². The van der Waals surface area contributed by atoms with E-state index in [2.05, 4.69) is 26.4 Å². The number of guanidine groups is 1. The van der Waals surface area contributed by atoms with Crippen LogP contribution in [0.5, 0.6) is 0 Å². The largest absolute Gasteiger partial charge is 0.381 e. The smallest absolute Gasteiger partial charge is 0.193 e. The van der Waals surface area contributed by atoms with Crippen molar-refractivity contribution in [2.45, 2.75) is 17.6 Å². The highest BCUT2D eigenvalue weighted by atomic mass is 127. The molecule has 152 valence electrons. The van der Waals surface area contributed by atoms with E-state index < -0.39 is 0 Å². The molecule has 0 unspecified atom stereocenters. The lowest BCUT2D eigenvalue weighted by atomic mass is 9.99. The van der Waals surface area contributed by atoms with Crippen LogP contribution >= 0.6 is 35.7 Å². The zero-order valence-electron chi connectivity index (χ0n) is 16.1. The van der Waals surface area contributed by atoms with Crippen LogP contribution in [-0.4, -0.2) is 74.8 Å². The molecule has 0 aromatic heterocycles. The molecule has 27 heavy (non-hydrogen) atoms. The Kier molecular flexibility index (Phi) is 8.94. The molecule has 2 aliphatic rings. The number of ether oxygens (including phenoxy) is 1. The fourth-order valence-electron chi connectivity index (χ4n) is 3.64. The van der Waals surface area contributed by atoms with Gasteiger partial charge in [-0.2, -0.15) is 11.8 Å². The molecule has 1 aromatic carbocycles. The third-order valence-electron chi connectivity index (χ3n) is 5.39. The van der Waals surface area contributed by atoms with Gasteiger partial charge in [-0.25, -0.2) is 4.39 Å². The van der Waals surface area contributed by atoms with Crippen molar-refractivity contribution >= 4 is 47.4 Å². The van der Waals surface area contributed by atoms with E-state index in [1.54, 1.807) is 6.07 Å². The number of para-hydroxylation sites is 1. The molecule has 5 nitrogen and oxygen atoms in total. The quantitative estimate of drug-likeness (QED) is 0.385. The Bertz CT molecular complexity index is 619. The second-order valence-electron chi connectivity index (χ2n) is 6.83. The highest BCUT2D eigenvalue weighted by Gasteiger charge is 2.32. The maximum absolute atomic E-state index is 14.0. The Morgan fingerprint density at radius 2 is 1.89 bits per heavy atom. The van der Waals surface area contributed by atoms with Crippen molar-refractivity contribution in [2.75, 3.05) is 64.1 Å². The molecule has 0 bridgehead atoms. The number of nitrogens with one attached hydrogen (secondary N) is 1. The maximum Gasteiger partial charge on any atom is 0.193 e. The van der Waals surface area contributed by atoms with E-state index in [0.29, 0.717) is 5.69 Å². The minimum atomic E-state index is -0.148. The van der Waals surface area contributed by atoms with Gasteiger partial charge in [0, 0.05) is 57.7 Å². The molecule has 8 heteroatoms. The minimum absolute atomic E-state index is 0. The number of piperazine rings is 1. The molecule has 1 aromatic rings. The van der Waals surface area contributed by atoms with Crippen molar-refractivity contribution in [1.82, 2.24) is 10.2 Å². The van der Waals surface area contributed by atoms with Crippen LogP contribution in [-0.2, 0) is 4.74 Å². The summed E-state index contributed by atoms with van der Waals surface area (Å²) in [6, 6.07) is 7.00. The first-order valence-electron chi connectivity index (χ1n) is 9.25. The van der Waals surface area contributed by atoms with Gasteiger partial charge in [-0.05, 0) is 31.2 Å². The standard InChI is InChI=1S/C19H29FN4OS.HI/c1-21-18(22-15-19(26-2)7-13-25-14-8-19)24-11-9-23(10-12-24)17-6-4-3-5-16(17)20;/h3-6H,7-15H2,1-2H3,(H,21,22);1H. The predicted octanol–water partition coefficient (Wildman–Crippen LogP) is 3.05. The van der Waals surface area contributed by atoms with Gasteiger partial charge in [0.1, 0.15) is 5.82 Å². The fraction of sp³-hybridized carbons (Fsp3) is 0.632. The molecule has 0 amide bonds. The summed E-state index contributed by atoms with van der Waals surface area (Å²) in [7, 11) is 1.83. The van der Waals surface area contributed by atoms with Crippen LogP contribution in [0, 0.1) is 5.82 Å². The van der Waals surface area contributed by atoms with Crippen molar-refractivity contribution in [1.29, 1.82) is 0 Å². The van der Waals surface area contributed by atoms with Crippen LogP contribution in [0.1, 0.15) is 12.8 Å². The Balaban J connectivity index is 0.00000261. The van der Waals surface area contributed by atoms with Crippen molar-refractivity contribution in [2.24, 2.45) is 4.99 Å². The monoisotopic (exact) mass is 508 g/mol. The molecule has 2 heterocycles. The summed E-state index contributed by atoms with van der Waals surface area (Å²) >= 11 is 1.93. The first-order valence-corrected chi connectivity index (χ1v) is 10.5. The molecule has 1 N–H and O–H groups in total. The number of halogens is 2. The highest BCUT2D eigenvalue weighted by molar-refractivity contribution is 14.0. The Morgan fingerprint density at radius 3 is 2.48 bits per heavy atom. The molecule has 0 saturated carbocycles.